The lowest BCUT2D eigenvalue weighted by atomic mass is 10.3. The van der Waals surface area contributed by atoms with Crippen molar-refractivity contribution in [3.05, 3.63) is 23.9 Å². The van der Waals surface area contributed by atoms with Gasteiger partial charge in [0.25, 0.3) is 0 Å². The first-order chi connectivity index (χ1) is 8.11. The summed E-state index contributed by atoms with van der Waals surface area (Å²) in [5, 5.41) is 11.6. The first-order valence-corrected chi connectivity index (χ1v) is 5.42. The standard InChI is InChI=1S/C12H15N3O2/c1-9(2)17-12(16)6-7-14-11-5-3-4-10(8-13)15-11/h3-5,9H,6-7H2,1-2H3,(H,14,15). The summed E-state index contributed by atoms with van der Waals surface area (Å²) in [5.41, 5.74) is 0.347. The highest BCUT2D eigenvalue weighted by molar-refractivity contribution is 5.70. The number of carbonyl (C=O) groups excluding carboxylic acids is 1. The highest BCUT2D eigenvalue weighted by Gasteiger charge is 2.05. The SMILES string of the molecule is CC(C)OC(=O)CCNc1cccc(C#N)n1. The quantitative estimate of drug-likeness (QED) is 0.783. The minimum atomic E-state index is -0.246. The van der Waals surface area contributed by atoms with Gasteiger partial charge in [0.1, 0.15) is 17.6 Å². The van der Waals surface area contributed by atoms with Gasteiger partial charge in [0.05, 0.1) is 12.5 Å². The highest BCUT2D eigenvalue weighted by Crippen LogP contribution is 2.04. The summed E-state index contributed by atoms with van der Waals surface area (Å²) < 4.78 is 4.98. The molecule has 0 aliphatic heterocycles. The monoisotopic (exact) mass is 233 g/mol. The van der Waals surface area contributed by atoms with Gasteiger partial charge in [-0.2, -0.15) is 5.26 Å². The molecule has 0 aliphatic carbocycles. The zero-order chi connectivity index (χ0) is 12.7. The van der Waals surface area contributed by atoms with Gasteiger partial charge in [-0.25, -0.2) is 4.98 Å². The highest BCUT2D eigenvalue weighted by atomic mass is 16.5. The number of rotatable bonds is 5. The Balaban J connectivity index is 2.36. The van der Waals surface area contributed by atoms with Gasteiger partial charge in [-0.05, 0) is 26.0 Å². The van der Waals surface area contributed by atoms with Crippen molar-refractivity contribution < 1.29 is 9.53 Å². The molecule has 5 nitrogen and oxygen atoms in total. The van der Waals surface area contributed by atoms with Crippen molar-refractivity contribution >= 4 is 11.8 Å². The summed E-state index contributed by atoms with van der Waals surface area (Å²) in [6, 6.07) is 7.05. The zero-order valence-electron chi connectivity index (χ0n) is 9.93. The number of nitrogens with zero attached hydrogens (tertiary/aromatic N) is 2. The topological polar surface area (TPSA) is 75.0 Å². The van der Waals surface area contributed by atoms with Crippen LogP contribution in [0.4, 0.5) is 5.82 Å². The summed E-state index contributed by atoms with van der Waals surface area (Å²) in [6.45, 7) is 4.06. The smallest absolute Gasteiger partial charge is 0.307 e. The second-order valence-corrected chi connectivity index (χ2v) is 3.74. The van der Waals surface area contributed by atoms with Crippen LogP contribution in [0.25, 0.3) is 0 Å². The molecule has 0 amide bonds. The molecule has 0 unspecified atom stereocenters. The number of nitrogens with one attached hydrogen (secondary N) is 1. The fourth-order valence-electron chi connectivity index (χ4n) is 1.21. The minimum absolute atomic E-state index is 0.0949. The van der Waals surface area contributed by atoms with Crippen LogP contribution >= 0.6 is 0 Å². The number of hydrogen-bond acceptors (Lipinski definition) is 5. The Morgan fingerprint density at radius 2 is 2.35 bits per heavy atom. The van der Waals surface area contributed by atoms with Gasteiger partial charge in [0.15, 0.2) is 0 Å². The molecule has 0 saturated heterocycles. The largest absolute Gasteiger partial charge is 0.463 e. The minimum Gasteiger partial charge on any atom is -0.463 e. The molecule has 1 N–H and O–H groups in total. The molecule has 1 aromatic rings. The maximum Gasteiger partial charge on any atom is 0.307 e. The lowest BCUT2D eigenvalue weighted by molar-refractivity contribution is -0.147. The molecule has 17 heavy (non-hydrogen) atoms. The molecule has 0 bridgehead atoms. The van der Waals surface area contributed by atoms with Gasteiger partial charge >= 0.3 is 5.97 Å². The predicted molar refractivity (Wildman–Crippen MR) is 63.3 cm³/mol. The summed E-state index contributed by atoms with van der Waals surface area (Å²) in [7, 11) is 0. The maximum absolute atomic E-state index is 11.2. The fourth-order valence-corrected chi connectivity index (χ4v) is 1.21. The van der Waals surface area contributed by atoms with Crippen molar-refractivity contribution in [1.82, 2.24) is 4.98 Å². The Bertz CT molecular complexity index is 424. The van der Waals surface area contributed by atoms with Crippen LogP contribution in [0, 0.1) is 11.3 Å². The Morgan fingerprint density at radius 3 is 3.00 bits per heavy atom. The Labute approximate surface area is 100 Å². The van der Waals surface area contributed by atoms with Crippen LogP contribution in [-0.4, -0.2) is 23.6 Å². The number of hydrogen-bond donors (Lipinski definition) is 1. The maximum atomic E-state index is 11.2. The molecule has 5 heteroatoms. The van der Waals surface area contributed by atoms with E-state index in [1.165, 1.54) is 0 Å². The van der Waals surface area contributed by atoms with Crippen LogP contribution in [0.15, 0.2) is 18.2 Å². The van der Waals surface area contributed by atoms with Gasteiger partial charge < -0.3 is 10.1 Å². The zero-order valence-corrected chi connectivity index (χ0v) is 9.93. The van der Waals surface area contributed by atoms with Crippen LogP contribution in [-0.2, 0) is 9.53 Å². The summed E-state index contributed by atoms with van der Waals surface area (Å²) in [6.07, 6.45) is 0.180. The van der Waals surface area contributed by atoms with Crippen molar-refractivity contribution in [2.45, 2.75) is 26.4 Å². The number of pyridine rings is 1. The Kier molecular flexibility index (Phi) is 4.95. The first-order valence-electron chi connectivity index (χ1n) is 5.42. The summed E-state index contributed by atoms with van der Waals surface area (Å²) in [5.74, 6) is 0.338. The number of nitriles is 1. The van der Waals surface area contributed by atoms with Crippen molar-refractivity contribution in [2.24, 2.45) is 0 Å². The second-order valence-electron chi connectivity index (χ2n) is 3.74. The lowest BCUT2D eigenvalue weighted by Gasteiger charge is -2.08. The first kappa shape index (κ1) is 13.0. The molecule has 1 heterocycles. The fraction of sp³-hybridized carbons (Fsp3) is 0.417. The van der Waals surface area contributed by atoms with Crippen molar-refractivity contribution in [1.29, 1.82) is 5.26 Å². The van der Waals surface area contributed by atoms with E-state index in [1.54, 1.807) is 18.2 Å². The van der Waals surface area contributed by atoms with Gasteiger partial charge in [-0.15, -0.1) is 0 Å². The van der Waals surface area contributed by atoms with E-state index >= 15 is 0 Å². The van der Waals surface area contributed by atoms with E-state index in [0.29, 0.717) is 18.1 Å². The second kappa shape index (κ2) is 6.48. The molecule has 0 aromatic carbocycles. The summed E-state index contributed by atoms with van der Waals surface area (Å²) >= 11 is 0. The van der Waals surface area contributed by atoms with E-state index in [0.717, 1.165) is 0 Å². The Morgan fingerprint density at radius 1 is 1.59 bits per heavy atom. The van der Waals surface area contributed by atoms with Crippen molar-refractivity contribution in [2.75, 3.05) is 11.9 Å². The third-order valence-electron chi connectivity index (χ3n) is 1.87. The van der Waals surface area contributed by atoms with Crippen LogP contribution < -0.4 is 5.32 Å². The van der Waals surface area contributed by atoms with Crippen LogP contribution in [0.1, 0.15) is 26.0 Å². The number of anilines is 1. The molecule has 0 spiro atoms. The van der Waals surface area contributed by atoms with Crippen molar-refractivity contribution in [3.8, 4) is 6.07 Å². The molecule has 0 fully saturated rings. The van der Waals surface area contributed by atoms with Crippen LogP contribution in [0.5, 0.6) is 0 Å². The van der Waals surface area contributed by atoms with Gasteiger partial charge in [0.2, 0.25) is 0 Å². The molecule has 90 valence electrons. The molecule has 1 rings (SSSR count). The van der Waals surface area contributed by atoms with Crippen LogP contribution in [0.3, 0.4) is 0 Å². The molecular weight excluding hydrogens is 218 g/mol. The normalized spacial score (nSPS) is 9.76. The molecule has 0 aliphatic rings. The third kappa shape index (κ3) is 4.98. The predicted octanol–water partition coefficient (Wildman–Crippen LogP) is 1.71. The third-order valence-corrected chi connectivity index (χ3v) is 1.87. The number of ether oxygens (including phenoxy) is 1. The van der Waals surface area contributed by atoms with E-state index in [4.69, 9.17) is 10.00 Å². The molecule has 0 radical (unpaired) electrons. The molecular formula is C12H15N3O2. The lowest BCUT2D eigenvalue weighted by Crippen LogP contribution is -2.15. The van der Waals surface area contributed by atoms with E-state index in [-0.39, 0.29) is 18.5 Å². The van der Waals surface area contributed by atoms with Gasteiger partial charge in [0, 0.05) is 6.54 Å². The summed E-state index contributed by atoms with van der Waals surface area (Å²) in [4.78, 5) is 15.3. The number of carbonyl (C=O) groups is 1. The average Bonchev–Trinajstić information content (AvgIpc) is 2.28. The van der Waals surface area contributed by atoms with E-state index < -0.39 is 0 Å². The molecule has 0 saturated carbocycles. The number of aromatic nitrogens is 1. The number of esters is 1. The van der Waals surface area contributed by atoms with Crippen molar-refractivity contribution in [3.63, 3.8) is 0 Å². The van der Waals surface area contributed by atoms with Crippen LogP contribution in [0.2, 0.25) is 0 Å². The van der Waals surface area contributed by atoms with E-state index in [2.05, 4.69) is 10.3 Å². The molecule has 1 aromatic heterocycles. The van der Waals surface area contributed by atoms with E-state index in [1.807, 2.05) is 19.9 Å². The molecule has 0 atom stereocenters. The average molecular weight is 233 g/mol. The van der Waals surface area contributed by atoms with Gasteiger partial charge in [-0.3, -0.25) is 4.79 Å². The Hall–Kier alpha value is -2.09. The van der Waals surface area contributed by atoms with Gasteiger partial charge in [-0.1, -0.05) is 6.07 Å². The van der Waals surface area contributed by atoms with E-state index in [9.17, 15) is 4.79 Å².